The second-order valence-corrected chi connectivity index (χ2v) is 13.4. The lowest BCUT2D eigenvalue weighted by Gasteiger charge is -2.38. The Hall–Kier alpha value is -1.19. The van der Waals surface area contributed by atoms with Crippen molar-refractivity contribution in [2.45, 2.75) is 108 Å². The van der Waals surface area contributed by atoms with E-state index in [1.165, 1.54) is 0 Å². The smallest absolute Gasteiger partial charge is 0.312 e. The van der Waals surface area contributed by atoms with Crippen molar-refractivity contribution in [3.63, 3.8) is 0 Å². The van der Waals surface area contributed by atoms with Gasteiger partial charge in [-0.25, -0.2) is 0 Å². The Bertz CT molecular complexity index is 812. The van der Waals surface area contributed by atoms with Crippen molar-refractivity contribution in [3.05, 3.63) is 0 Å². The third-order valence-corrected chi connectivity index (χ3v) is 8.18. The summed E-state index contributed by atoms with van der Waals surface area (Å²) in [5.41, 5.74) is -1.53. The van der Waals surface area contributed by atoms with Gasteiger partial charge in [-0.05, 0) is 51.9 Å². The first-order chi connectivity index (χ1) is 16.3. The Kier molecular flexibility index (Phi) is 8.64. The minimum absolute atomic E-state index is 0.00770. The predicted octanol–water partition coefficient (Wildman–Crippen LogP) is 3.18. The van der Waals surface area contributed by atoms with Gasteiger partial charge in [0.1, 0.15) is 11.6 Å². The van der Waals surface area contributed by atoms with E-state index in [1.54, 1.807) is 11.8 Å². The molecule has 0 radical (unpaired) electrons. The highest BCUT2D eigenvalue weighted by molar-refractivity contribution is 9.09. The molecule has 35 heavy (non-hydrogen) atoms. The molecule has 0 aromatic carbocycles. The first-order valence-corrected chi connectivity index (χ1v) is 13.9. The van der Waals surface area contributed by atoms with Crippen LogP contribution in [0.1, 0.15) is 80.1 Å². The molecule has 3 aliphatic rings. The van der Waals surface area contributed by atoms with Crippen LogP contribution in [0.15, 0.2) is 0 Å². The Balaban J connectivity index is 1.92. The van der Waals surface area contributed by atoms with E-state index in [0.717, 1.165) is 25.7 Å². The SMILES string of the molecule is CCOC(=O)[C@@H]1[C@H]2O[C@@]3(CC2Br)[C@H](C(=O)NC(C)(C)CC(C)(C)C)N(CCCCCCO)C(=O)[C@@H]13. The molecule has 8 nitrogen and oxygen atoms in total. The number of halogens is 1. The molecular formula is C26H43BrN2O6. The molecule has 2 bridgehead atoms. The van der Waals surface area contributed by atoms with Crippen LogP contribution in [0.5, 0.6) is 0 Å². The van der Waals surface area contributed by atoms with Crippen molar-refractivity contribution >= 4 is 33.7 Å². The monoisotopic (exact) mass is 558 g/mol. The maximum Gasteiger partial charge on any atom is 0.312 e. The van der Waals surface area contributed by atoms with E-state index in [2.05, 4.69) is 42.0 Å². The molecule has 3 aliphatic heterocycles. The molecular weight excluding hydrogens is 516 g/mol. The zero-order valence-corrected chi connectivity index (χ0v) is 23.7. The van der Waals surface area contributed by atoms with E-state index in [-0.39, 0.29) is 35.3 Å². The molecule has 200 valence electrons. The largest absolute Gasteiger partial charge is 0.466 e. The Morgan fingerprint density at radius 1 is 1.20 bits per heavy atom. The van der Waals surface area contributed by atoms with Crippen molar-refractivity contribution in [1.82, 2.24) is 10.2 Å². The fourth-order valence-corrected chi connectivity index (χ4v) is 7.64. The fourth-order valence-electron chi connectivity index (χ4n) is 6.70. The summed E-state index contributed by atoms with van der Waals surface area (Å²) >= 11 is 3.67. The summed E-state index contributed by atoms with van der Waals surface area (Å²) in [6.07, 6.45) is 3.89. The number of likely N-dealkylation sites (tertiary alicyclic amines) is 1. The number of esters is 1. The van der Waals surface area contributed by atoms with E-state index in [4.69, 9.17) is 14.6 Å². The highest BCUT2D eigenvalue weighted by atomic mass is 79.9. The number of nitrogens with zero attached hydrogens (tertiary/aromatic N) is 1. The molecule has 3 saturated heterocycles. The van der Waals surface area contributed by atoms with Gasteiger partial charge in [0.2, 0.25) is 11.8 Å². The Morgan fingerprint density at radius 2 is 1.86 bits per heavy atom. The standard InChI is InChI=1S/C26H43BrN2O6/c1-7-34-23(33)17-18-22(32)29(12-10-8-9-11-13-30)20(26(18)14-16(27)19(17)35-26)21(31)28-25(5,6)15-24(2,3)4/h16-20,30H,7-15H2,1-6H3,(H,28,31)/t16?,17-,18+,19-,20-,26+/m0/s1. The van der Waals surface area contributed by atoms with Crippen LogP contribution in [0, 0.1) is 17.3 Å². The van der Waals surface area contributed by atoms with Crippen molar-refractivity contribution in [1.29, 1.82) is 0 Å². The number of rotatable bonds is 11. The van der Waals surface area contributed by atoms with E-state index in [1.807, 2.05) is 13.8 Å². The quantitative estimate of drug-likeness (QED) is 0.229. The maximum absolute atomic E-state index is 13.9. The third-order valence-electron chi connectivity index (χ3n) is 7.34. The van der Waals surface area contributed by atoms with Gasteiger partial charge in [0.05, 0.1) is 24.5 Å². The molecule has 0 aliphatic carbocycles. The number of amides is 2. The minimum Gasteiger partial charge on any atom is -0.466 e. The van der Waals surface area contributed by atoms with Crippen LogP contribution < -0.4 is 5.32 Å². The molecule has 3 heterocycles. The van der Waals surface area contributed by atoms with Crippen molar-refractivity contribution in [2.75, 3.05) is 19.8 Å². The zero-order valence-electron chi connectivity index (χ0n) is 22.1. The summed E-state index contributed by atoms with van der Waals surface area (Å²) in [5.74, 6) is -2.30. The number of fused-ring (bicyclic) bond motifs is 1. The highest BCUT2D eigenvalue weighted by Gasteiger charge is 2.76. The number of carbonyl (C=O) groups is 3. The fraction of sp³-hybridized carbons (Fsp3) is 0.885. The van der Waals surface area contributed by atoms with Gasteiger partial charge < -0.3 is 24.8 Å². The molecule has 0 saturated carbocycles. The minimum atomic E-state index is -1.06. The summed E-state index contributed by atoms with van der Waals surface area (Å²) in [6.45, 7) is 12.9. The number of hydrogen-bond acceptors (Lipinski definition) is 6. The lowest BCUT2D eigenvalue weighted by molar-refractivity contribution is -0.154. The van der Waals surface area contributed by atoms with Gasteiger partial charge >= 0.3 is 5.97 Å². The summed E-state index contributed by atoms with van der Waals surface area (Å²) in [6, 6.07) is -0.804. The lowest BCUT2D eigenvalue weighted by Crippen LogP contribution is -2.59. The zero-order chi connectivity index (χ0) is 26.2. The molecule has 9 heteroatoms. The molecule has 0 aromatic heterocycles. The van der Waals surface area contributed by atoms with Gasteiger partial charge in [-0.3, -0.25) is 14.4 Å². The molecule has 3 rings (SSSR count). The number of hydrogen-bond donors (Lipinski definition) is 2. The second-order valence-electron chi connectivity index (χ2n) is 12.2. The molecule has 6 atom stereocenters. The highest BCUT2D eigenvalue weighted by Crippen LogP contribution is 2.60. The number of alkyl halides is 1. The number of carbonyl (C=O) groups excluding carboxylic acids is 3. The van der Waals surface area contributed by atoms with Gasteiger partial charge in [0.25, 0.3) is 0 Å². The van der Waals surface area contributed by atoms with Crippen LogP contribution in [0.4, 0.5) is 0 Å². The molecule has 0 aromatic rings. The molecule has 2 amide bonds. The average molecular weight is 560 g/mol. The van der Waals surface area contributed by atoms with Gasteiger partial charge in [-0.1, -0.05) is 49.5 Å². The van der Waals surface area contributed by atoms with E-state index in [9.17, 15) is 14.4 Å². The molecule has 1 unspecified atom stereocenters. The van der Waals surface area contributed by atoms with Crippen LogP contribution in [-0.2, 0) is 23.9 Å². The third kappa shape index (κ3) is 5.72. The van der Waals surface area contributed by atoms with Crippen LogP contribution >= 0.6 is 15.9 Å². The average Bonchev–Trinajstić information content (AvgIpc) is 3.29. The van der Waals surface area contributed by atoms with Crippen LogP contribution in [0.2, 0.25) is 0 Å². The van der Waals surface area contributed by atoms with Gasteiger partial charge in [0, 0.05) is 23.5 Å². The normalized spacial score (nSPS) is 32.2. The molecule has 2 N–H and O–H groups in total. The second kappa shape index (κ2) is 10.7. The van der Waals surface area contributed by atoms with E-state index in [0.29, 0.717) is 19.4 Å². The Labute approximate surface area is 218 Å². The summed E-state index contributed by atoms with van der Waals surface area (Å²) < 4.78 is 11.8. The van der Waals surface area contributed by atoms with Crippen LogP contribution in [0.3, 0.4) is 0 Å². The van der Waals surface area contributed by atoms with Crippen LogP contribution in [0.25, 0.3) is 0 Å². The van der Waals surface area contributed by atoms with Crippen molar-refractivity contribution in [2.24, 2.45) is 17.3 Å². The van der Waals surface area contributed by atoms with E-state index >= 15 is 0 Å². The predicted molar refractivity (Wildman–Crippen MR) is 136 cm³/mol. The molecule has 1 spiro atoms. The number of aliphatic hydroxyl groups excluding tert-OH is 1. The van der Waals surface area contributed by atoms with Crippen molar-refractivity contribution in [3.8, 4) is 0 Å². The van der Waals surface area contributed by atoms with Crippen molar-refractivity contribution < 1.29 is 29.0 Å². The van der Waals surface area contributed by atoms with E-state index < -0.39 is 41.1 Å². The number of nitrogens with one attached hydrogen (secondary N) is 1. The first kappa shape index (κ1) is 28.4. The summed E-state index contributed by atoms with van der Waals surface area (Å²) in [7, 11) is 0. The topological polar surface area (TPSA) is 105 Å². The maximum atomic E-state index is 13.9. The van der Waals surface area contributed by atoms with Gasteiger partial charge in [-0.15, -0.1) is 0 Å². The summed E-state index contributed by atoms with van der Waals surface area (Å²) in [5, 5.41) is 12.3. The number of unbranched alkanes of at least 4 members (excludes halogenated alkanes) is 3. The summed E-state index contributed by atoms with van der Waals surface area (Å²) in [4.78, 5) is 42.2. The van der Waals surface area contributed by atoms with Gasteiger partial charge in [-0.2, -0.15) is 0 Å². The van der Waals surface area contributed by atoms with Gasteiger partial charge in [0.15, 0.2) is 0 Å². The lowest BCUT2D eigenvalue weighted by atomic mass is 9.70. The number of aliphatic hydroxyl groups is 1. The molecule has 3 fully saturated rings. The number of ether oxygens (including phenoxy) is 2. The van der Waals surface area contributed by atoms with Crippen LogP contribution in [-0.4, -0.2) is 75.7 Å². The Morgan fingerprint density at radius 3 is 2.46 bits per heavy atom. The first-order valence-electron chi connectivity index (χ1n) is 13.0.